The first kappa shape index (κ1) is 13.1. The van der Waals surface area contributed by atoms with Crippen molar-refractivity contribution in [3.8, 4) is 0 Å². The van der Waals surface area contributed by atoms with Gasteiger partial charge in [0.25, 0.3) is 0 Å². The Labute approximate surface area is 108 Å². The number of nitrogens with one attached hydrogen (secondary N) is 1. The van der Waals surface area contributed by atoms with Gasteiger partial charge in [0.15, 0.2) is 0 Å². The van der Waals surface area contributed by atoms with Crippen LogP contribution in [0.25, 0.3) is 0 Å². The third kappa shape index (κ3) is 2.40. The first-order valence-electron chi connectivity index (χ1n) is 6.46. The molecule has 0 aromatic heterocycles. The van der Waals surface area contributed by atoms with Crippen LogP contribution in [-0.2, 0) is 10.3 Å². The minimum atomic E-state index is -0.786. The van der Waals surface area contributed by atoms with Gasteiger partial charge in [-0.15, -0.1) is 0 Å². The first-order chi connectivity index (χ1) is 8.69. The standard InChI is InChI=1S/C14H21N3O/c1-16-14(13(15)18,11-17-9-5-6-10-17)12-7-3-2-4-8-12/h2-4,7-8,16H,5-6,9-11H2,1H3,(H2,15,18). The van der Waals surface area contributed by atoms with Gasteiger partial charge in [-0.3, -0.25) is 4.79 Å². The lowest BCUT2D eigenvalue weighted by Crippen LogP contribution is -2.57. The second-order valence-corrected chi connectivity index (χ2v) is 4.87. The van der Waals surface area contributed by atoms with Gasteiger partial charge < -0.3 is 16.0 Å². The fourth-order valence-electron chi connectivity index (χ4n) is 2.66. The van der Waals surface area contributed by atoms with Gasteiger partial charge in [-0.2, -0.15) is 0 Å². The van der Waals surface area contributed by atoms with Crippen LogP contribution in [0.4, 0.5) is 0 Å². The average molecular weight is 247 g/mol. The van der Waals surface area contributed by atoms with Gasteiger partial charge in [-0.05, 0) is 38.5 Å². The van der Waals surface area contributed by atoms with Crippen molar-refractivity contribution in [2.24, 2.45) is 5.73 Å². The highest BCUT2D eigenvalue weighted by molar-refractivity contribution is 5.86. The molecule has 1 aliphatic rings. The number of nitrogens with two attached hydrogens (primary N) is 1. The molecule has 1 unspecified atom stereocenters. The number of hydrogen-bond donors (Lipinski definition) is 2. The van der Waals surface area contributed by atoms with E-state index in [0.29, 0.717) is 6.54 Å². The molecule has 1 fully saturated rings. The number of rotatable bonds is 5. The first-order valence-corrected chi connectivity index (χ1v) is 6.46. The van der Waals surface area contributed by atoms with E-state index in [1.54, 1.807) is 7.05 Å². The topological polar surface area (TPSA) is 58.4 Å². The van der Waals surface area contributed by atoms with Crippen molar-refractivity contribution >= 4 is 5.91 Å². The van der Waals surface area contributed by atoms with E-state index in [0.717, 1.165) is 18.7 Å². The van der Waals surface area contributed by atoms with E-state index in [1.165, 1.54) is 12.8 Å². The van der Waals surface area contributed by atoms with Crippen LogP contribution < -0.4 is 11.1 Å². The highest BCUT2D eigenvalue weighted by Gasteiger charge is 2.39. The molecule has 1 atom stereocenters. The van der Waals surface area contributed by atoms with E-state index < -0.39 is 5.54 Å². The lowest BCUT2D eigenvalue weighted by atomic mass is 9.88. The third-order valence-corrected chi connectivity index (χ3v) is 3.77. The predicted octanol–water partition coefficient (Wildman–Crippen LogP) is 0.682. The summed E-state index contributed by atoms with van der Waals surface area (Å²) in [6.45, 7) is 2.73. The van der Waals surface area contributed by atoms with Crippen molar-refractivity contribution in [2.45, 2.75) is 18.4 Å². The SMILES string of the molecule is CNC(CN1CCCC1)(C(N)=O)c1ccccc1. The number of carbonyl (C=O) groups is 1. The molecule has 0 spiro atoms. The Kier molecular flexibility index (Phi) is 3.99. The summed E-state index contributed by atoms with van der Waals surface area (Å²) in [6, 6.07) is 9.73. The van der Waals surface area contributed by atoms with Gasteiger partial charge in [-0.25, -0.2) is 0 Å². The third-order valence-electron chi connectivity index (χ3n) is 3.77. The zero-order valence-electron chi connectivity index (χ0n) is 10.9. The summed E-state index contributed by atoms with van der Waals surface area (Å²) in [5.74, 6) is -0.317. The quantitative estimate of drug-likeness (QED) is 0.804. The van der Waals surface area contributed by atoms with Crippen LogP contribution in [0.2, 0.25) is 0 Å². The van der Waals surface area contributed by atoms with Crippen molar-refractivity contribution in [1.29, 1.82) is 0 Å². The number of amides is 1. The summed E-state index contributed by atoms with van der Waals surface area (Å²) in [4.78, 5) is 14.3. The molecule has 0 radical (unpaired) electrons. The fraction of sp³-hybridized carbons (Fsp3) is 0.500. The molecule has 1 aromatic rings. The van der Waals surface area contributed by atoms with Gasteiger partial charge in [0.1, 0.15) is 5.54 Å². The maximum atomic E-state index is 12.0. The molecule has 1 aromatic carbocycles. The van der Waals surface area contributed by atoms with Gasteiger partial charge >= 0.3 is 0 Å². The molecular formula is C14H21N3O. The van der Waals surface area contributed by atoms with Crippen LogP contribution in [0.15, 0.2) is 30.3 Å². The number of primary amides is 1. The molecule has 18 heavy (non-hydrogen) atoms. The molecule has 98 valence electrons. The van der Waals surface area contributed by atoms with Crippen molar-refractivity contribution < 1.29 is 4.79 Å². The van der Waals surface area contributed by atoms with Crippen molar-refractivity contribution in [2.75, 3.05) is 26.7 Å². The molecule has 0 bridgehead atoms. The maximum Gasteiger partial charge on any atom is 0.243 e. The molecule has 4 heteroatoms. The van der Waals surface area contributed by atoms with Crippen LogP contribution >= 0.6 is 0 Å². The zero-order chi connectivity index (χ0) is 13.0. The lowest BCUT2D eigenvalue weighted by Gasteiger charge is -2.34. The molecule has 0 aliphatic carbocycles. The maximum absolute atomic E-state index is 12.0. The normalized spacial score (nSPS) is 19.6. The smallest absolute Gasteiger partial charge is 0.243 e. The summed E-state index contributed by atoms with van der Waals surface area (Å²) in [6.07, 6.45) is 2.40. The minimum absolute atomic E-state index is 0.317. The molecule has 1 heterocycles. The summed E-state index contributed by atoms with van der Waals surface area (Å²) in [5, 5.41) is 3.14. The number of likely N-dealkylation sites (N-methyl/N-ethyl adjacent to an activating group) is 1. The molecule has 4 nitrogen and oxygen atoms in total. The van der Waals surface area contributed by atoms with Crippen LogP contribution in [0.3, 0.4) is 0 Å². The number of benzene rings is 1. The summed E-state index contributed by atoms with van der Waals surface area (Å²) >= 11 is 0. The Morgan fingerprint density at radius 1 is 1.33 bits per heavy atom. The van der Waals surface area contributed by atoms with Crippen LogP contribution in [0.5, 0.6) is 0 Å². The van der Waals surface area contributed by atoms with Crippen LogP contribution in [0, 0.1) is 0 Å². The lowest BCUT2D eigenvalue weighted by molar-refractivity contribution is -0.125. The molecule has 1 amide bonds. The van der Waals surface area contributed by atoms with E-state index in [-0.39, 0.29) is 5.91 Å². The second kappa shape index (κ2) is 5.50. The number of likely N-dealkylation sites (tertiary alicyclic amines) is 1. The van der Waals surface area contributed by atoms with E-state index in [1.807, 2.05) is 30.3 Å². The minimum Gasteiger partial charge on any atom is -0.368 e. The number of hydrogen-bond acceptors (Lipinski definition) is 3. The molecule has 3 N–H and O–H groups in total. The molecular weight excluding hydrogens is 226 g/mol. The highest BCUT2D eigenvalue weighted by atomic mass is 16.1. The Morgan fingerprint density at radius 2 is 1.94 bits per heavy atom. The zero-order valence-corrected chi connectivity index (χ0v) is 10.9. The van der Waals surface area contributed by atoms with Crippen molar-refractivity contribution in [3.63, 3.8) is 0 Å². The van der Waals surface area contributed by atoms with E-state index >= 15 is 0 Å². The van der Waals surface area contributed by atoms with Crippen molar-refractivity contribution in [1.82, 2.24) is 10.2 Å². The Hall–Kier alpha value is -1.39. The largest absolute Gasteiger partial charge is 0.368 e. The van der Waals surface area contributed by atoms with E-state index in [4.69, 9.17) is 5.73 Å². The van der Waals surface area contributed by atoms with E-state index in [2.05, 4.69) is 10.2 Å². The van der Waals surface area contributed by atoms with Gasteiger partial charge in [0.05, 0.1) is 0 Å². The number of carbonyl (C=O) groups excluding carboxylic acids is 1. The Bertz CT molecular complexity index is 401. The molecule has 1 aliphatic heterocycles. The monoisotopic (exact) mass is 247 g/mol. The number of nitrogens with zero attached hydrogens (tertiary/aromatic N) is 1. The average Bonchev–Trinajstić information content (AvgIpc) is 2.89. The van der Waals surface area contributed by atoms with Crippen LogP contribution in [-0.4, -0.2) is 37.5 Å². The van der Waals surface area contributed by atoms with Gasteiger partial charge in [0.2, 0.25) is 5.91 Å². The predicted molar refractivity (Wildman–Crippen MR) is 72.0 cm³/mol. The fourth-order valence-corrected chi connectivity index (χ4v) is 2.66. The molecule has 2 rings (SSSR count). The summed E-state index contributed by atoms with van der Waals surface area (Å²) in [7, 11) is 1.80. The van der Waals surface area contributed by atoms with Crippen molar-refractivity contribution in [3.05, 3.63) is 35.9 Å². The Morgan fingerprint density at radius 3 is 2.44 bits per heavy atom. The van der Waals surface area contributed by atoms with Gasteiger partial charge in [0, 0.05) is 6.54 Å². The summed E-state index contributed by atoms with van der Waals surface area (Å²) in [5.41, 5.74) is 5.82. The second-order valence-electron chi connectivity index (χ2n) is 4.87. The summed E-state index contributed by atoms with van der Waals surface area (Å²) < 4.78 is 0. The van der Waals surface area contributed by atoms with E-state index in [9.17, 15) is 4.79 Å². The Balaban J connectivity index is 2.30. The molecule has 1 saturated heterocycles. The van der Waals surface area contributed by atoms with Gasteiger partial charge in [-0.1, -0.05) is 30.3 Å². The van der Waals surface area contributed by atoms with Crippen LogP contribution in [0.1, 0.15) is 18.4 Å². The highest BCUT2D eigenvalue weighted by Crippen LogP contribution is 2.23. The molecule has 0 saturated carbocycles.